The number of thioether (sulfide) groups is 1. The molecule has 1 amide bonds. The Hall–Kier alpha value is -3.11. The standard InChI is InChI=1S/C18H15N5O3S2/c24-13-5-3-12(4-6-13)16-21-22-18(23(16)10-14-2-1-8-26-14)28-11-15(25)20-17-19-7-9-27-17/h1-9,24H,10-11H2,(H,19,20,25). The molecule has 0 bridgehead atoms. The van der Waals surface area contributed by atoms with Crippen molar-refractivity contribution >= 4 is 34.1 Å². The molecule has 0 unspecified atom stereocenters. The van der Waals surface area contributed by atoms with Crippen molar-refractivity contribution in [3.8, 4) is 17.1 Å². The maximum absolute atomic E-state index is 12.2. The van der Waals surface area contributed by atoms with Gasteiger partial charge in [-0.15, -0.1) is 21.5 Å². The Morgan fingerprint density at radius 3 is 2.82 bits per heavy atom. The van der Waals surface area contributed by atoms with Crippen LogP contribution in [0.5, 0.6) is 5.75 Å². The van der Waals surface area contributed by atoms with Crippen LogP contribution in [-0.2, 0) is 11.3 Å². The molecule has 0 radical (unpaired) electrons. The lowest BCUT2D eigenvalue weighted by Gasteiger charge is -2.09. The SMILES string of the molecule is O=C(CSc1nnc(-c2ccc(O)cc2)n1Cc1ccco1)Nc1nccs1. The van der Waals surface area contributed by atoms with Crippen molar-refractivity contribution in [1.29, 1.82) is 0 Å². The Kier molecular flexibility index (Phi) is 5.40. The molecule has 142 valence electrons. The molecule has 0 spiro atoms. The molecule has 3 heterocycles. The molecular formula is C18H15N5O3S2. The van der Waals surface area contributed by atoms with Gasteiger partial charge in [0.1, 0.15) is 11.5 Å². The van der Waals surface area contributed by atoms with E-state index in [1.165, 1.54) is 23.1 Å². The quantitative estimate of drug-likeness (QED) is 0.447. The number of hydrogen-bond donors (Lipinski definition) is 2. The predicted molar refractivity (Wildman–Crippen MR) is 106 cm³/mol. The number of carbonyl (C=O) groups is 1. The van der Waals surface area contributed by atoms with Gasteiger partial charge in [-0.2, -0.15) is 0 Å². The third-order valence-corrected chi connectivity index (χ3v) is 5.40. The number of benzene rings is 1. The number of furan rings is 1. The molecule has 10 heteroatoms. The number of phenolic OH excluding ortho intramolecular Hbond substituents is 1. The van der Waals surface area contributed by atoms with Crippen LogP contribution in [-0.4, -0.2) is 36.5 Å². The van der Waals surface area contributed by atoms with Gasteiger partial charge in [-0.1, -0.05) is 11.8 Å². The van der Waals surface area contributed by atoms with Gasteiger partial charge in [0.05, 0.1) is 18.6 Å². The fourth-order valence-electron chi connectivity index (χ4n) is 2.49. The second kappa shape index (κ2) is 8.28. The summed E-state index contributed by atoms with van der Waals surface area (Å²) in [5, 5.41) is 23.7. The van der Waals surface area contributed by atoms with Crippen LogP contribution in [0.25, 0.3) is 11.4 Å². The molecule has 2 N–H and O–H groups in total. The highest BCUT2D eigenvalue weighted by Gasteiger charge is 2.17. The number of thiazole rings is 1. The third kappa shape index (κ3) is 4.24. The Balaban J connectivity index is 1.55. The zero-order chi connectivity index (χ0) is 19.3. The Bertz CT molecular complexity index is 1040. The fraction of sp³-hybridized carbons (Fsp3) is 0.111. The van der Waals surface area contributed by atoms with Crippen molar-refractivity contribution in [3.05, 3.63) is 60.0 Å². The number of carbonyl (C=O) groups excluding carboxylic acids is 1. The second-order valence-corrected chi connectivity index (χ2v) is 7.53. The average molecular weight is 413 g/mol. The molecule has 0 aliphatic rings. The summed E-state index contributed by atoms with van der Waals surface area (Å²) in [5.41, 5.74) is 0.802. The molecule has 28 heavy (non-hydrogen) atoms. The molecule has 1 aromatic carbocycles. The molecule has 0 fully saturated rings. The summed E-state index contributed by atoms with van der Waals surface area (Å²) in [5.74, 6) is 1.55. The number of hydrogen-bond acceptors (Lipinski definition) is 8. The van der Waals surface area contributed by atoms with Gasteiger partial charge < -0.3 is 14.8 Å². The summed E-state index contributed by atoms with van der Waals surface area (Å²) in [4.78, 5) is 16.2. The molecule has 0 saturated heterocycles. The minimum Gasteiger partial charge on any atom is -0.508 e. The van der Waals surface area contributed by atoms with Gasteiger partial charge in [-0.3, -0.25) is 9.36 Å². The number of aromatic nitrogens is 4. The minimum atomic E-state index is -0.168. The van der Waals surface area contributed by atoms with E-state index in [1.807, 2.05) is 16.7 Å². The van der Waals surface area contributed by atoms with E-state index in [4.69, 9.17) is 4.42 Å². The van der Waals surface area contributed by atoms with Gasteiger partial charge in [-0.05, 0) is 36.4 Å². The lowest BCUT2D eigenvalue weighted by Crippen LogP contribution is -2.14. The normalized spacial score (nSPS) is 10.9. The van der Waals surface area contributed by atoms with Gasteiger partial charge in [-0.25, -0.2) is 4.98 Å². The number of phenols is 1. The Morgan fingerprint density at radius 2 is 2.11 bits per heavy atom. The van der Waals surface area contributed by atoms with E-state index in [0.29, 0.717) is 22.7 Å². The van der Waals surface area contributed by atoms with Crippen LogP contribution in [0, 0.1) is 0 Å². The van der Waals surface area contributed by atoms with Crippen molar-refractivity contribution in [2.45, 2.75) is 11.7 Å². The minimum absolute atomic E-state index is 0.168. The summed E-state index contributed by atoms with van der Waals surface area (Å²) < 4.78 is 7.34. The number of amides is 1. The molecule has 4 aromatic rings. The molecule has 4 rings (SSSR count). The predicted octanol–water partition coefficient (Wildman–Crippen LogP) is 3.48. The topological polar surface area (TPSA) is 106 Å². The van der Waals surface area contributed by atoms with Gasteiger partial charge in [0, 0.05) is 17.1 Å². The van der Waals surface area contributed by atoms with Crippen LogP contribution in [0.2, 0.25) is 0 Å². The van der Waals surface area contributed by atoms with Gasteiger partial charge in [0.2, 0.25) is 5.91 Å². The zero-order valence-corrected chi connectivity index (χ0v) is 16.1. The first kappa shape index (κ1) is 18.3. The van der Waals surface area contributed by atoms with Gasteiger partial charge in [0.15, 0.2) is 16.1 Å². The average Bonchev–Trinajstić information content (AvgIpc) is 3.44. The Morgan fingerprint density at radius 1 is 1.25 bits per heavy atom. The number of nitrogens with zero attached hydrogens (tertiary/aromatic N) is 4. The van der Waals surface area contributed by atoms with E-state index in [0.717, 1.165) is 11.3 Å². The highest BCUT2D eigenvalue weighted by molar-refractivity contribution is 7.99. The molecule has 0 atom stereocenters. The zero-order valence-electron chi connectivity index (χ0n) is 14.5. The summed E-state index contributed by atoms with van der Waals surface area (Å²) in [6, 6.07) is 10.4. The van der Waals surface area contributed by atoms with Crippen LogP contribution in [0.4, 0.5) is 5.13 Å². The van der Waals surface area contributed by atoms with E-state index in [1.54, 1.807) is 42.1 Å². The molecule has 8 nitrogen and oxygen atoms in total. The molecule has 0 saturated carbocycles. The maximum atomic E-state index is 12.2. The van der Waals surface area contributed by atoms with Crippen molar-refractivity contribution in [1.82, 2.24) is 19.7 Å². The third-order valence-electron chi connectivity index (χ3n) is 3.75. The first-order valence-electron chi connectivity index (χ1n) is 8.26. The first-order valence-corrected chi connectivity index (χ1v) is 10.1. The molecular weight excluding hydrogens is 398 g/mol. The van der Waals surface area contributed by atoms with E-state index in [2.05, 4.69) is 20.5 Å². The Labute approximate surface area is 168 Å². The van der Waals surface area contributed by atoms with Crippen LogP contribution in [0.15, 0.2) is 63.8 Å². The number of anilines is 1. The number of aromatic hydroxyl groups is 1. The fourth-order valence-corrected chi connectivity index (χ4v) is 3.77. The summed E-state index contributed by atoms with van der Waals surface area (Å²) >= 11 is 2.64. The van der Waals surface area contributed by atoms with Crippen LogP contribution < -0.4 is 5.32 Å². The lowest BCUT2D eigenvalue weighted by molar-refractivity contribution is -0.113. The highest BCUT2D eigenvalue weighted by atomic mass is 32.2. The molecule has 0 aliphatic carbocycles. The molecule has 3 aromatic heterocycles. The number of rotatable bonds is 7. The van der Waals surface area contributed by atoms with Crippen molar-refractivity contribution in [2.75, 3.05) is 11.1 Å². The smallest absolute Gasteiger partial charge is 0.236 e. The van der Waals surface area contributed by atoms with Crippen molar-refractivity contribution in [3.63, 3.8) is 0 Å². The summed E-state index contributed by atoms with van der Waals surface area (Å²) in [7, 11) is 0. The van der Waals surface area contributed by atoms with E-state index in [9.17, 15) is 9.90 Å². The van der Waals surface area contributed by atoms with Crippen molar-refractivity contribution < 1.29 is 14.3 Å². The summed E-state index contributed by atoms with van der Waals surface area (Å²) in [6.07, 6.45) is 3.24. The first-order chi connectivity index (χ1) is 13.7. The van der Waals surface area contributed by atoms with Gasteiger partial charge >= 0.3 is 0 Å². The summed E-state index contributed by atoms with van der Waals surface area (Å²) in [6.45, 7) is 0.423. The van der Waals surface area contributed by atoms with Crippen LogP contribution in [0.3, 0.4) is 0 Å². The van der Waals surface area contributed by atoms with E-state index >= 15 is 0 Å². The maximum Gasteiger partial charge on any atom is 0.236 e. The second-order valence-electron chi connectivity index (χ2n) is 5.69. The van der Waals surface area contributed by atoms with E-state index < -0.39 is 0 Å². The highest BCUT2D eigenvalue weighted by Crippen LogP contribution is 2.26. The molecule has 0 aliphatic heterocycles. The van der Waals surface area contributed by atoms with E-state index in [-0.39, 0.29) is 17.4 Å². The number of nitrogens with one attached hydrogen (secondary N) is 1. The van der Waals surface area contributed by atoms with Gasteiger partial charge in [0.25, 0.3) is 0 Å². The van der Waals surface area contributed by atoms with Crippen molar-refractivity contribution in [2.24, 2.45) is 0 Å². The largest absolute Gasteiger partial charge is 0.508 e. The van der Waals surface area contributed by atoms with Crippen LogP contribution >= 0.6 is 23.1 Å². The monoisotopic (exact) mass is 413 g/mol. The lowest BCUT2D eigenvalue weighted by atomic mass is 10.2. The van der Waals surface area contributed by atoms with Crippen LogP contribution in [0.1, 0.15) is 5.76 Å².